The van der Waals surface area contributed by atoms with Crippen LogP contribution in [-0.2, 0) is 15.6 Å². The third kappa shape index (κ3) is 6.78. The zero-order valence-electron chi connectivity index (χ0n) is 10.8. The summed E-state index contributed by atoms with van der Waals surface area (Å²) in [5.41, 5.74) is 0. The standard InChI is InChI=1S/C12H24N2O2S/c1-10(5-7-17(2)16)14-12(15)8-11-4-3-6-13-9-11/h10-11,13H,3-9H2,1-2H3,(H,14,15). The summed E-state index contributed by atoms with van der Waals surface area (Å²) in [6.45, 7) is 4.02. The molecule has 0 aromatic heterocycles. The number of hydrogen-bond acceptors (Lipinski definition) is 3. The summed E-state index contributed by atoms with van der Waals surface area (Å²) in [6.07, 6.45) is 5.42. The molecule has 0 saturated carbocycles. The number of piperidine rings is 1. The van der Waals surface area contributed by atoms with Gasteiger partial charge in [-0.2, -0.15) is 0 Å². The van der Waals surface area contributed by atoms with Gasteiger partial charge < -0.3 is 10.6 Å². The summed E-state index contributed by atoms with van der Waals surface area (Å²) in [4.78, 5) is 11.8. The molecule has 1 rings (SSSR count). The molecule has 0 spiro atoms. The SMILES string of the molecule is CC(CCS(C)=O)NC(=O)CC1CCCNC1. The molecule has 1 aliphatic rings. The van der Waals surface area contributed by atoms with Crippen molar-refractivity contribution in [1.29, 1.82) is 0 Å². The van der Waals surface area contributed by atoms with Gasteiger partial charge in [0.05, 0.1) is 0 Å². The second-order valence-corrected chi connectivity index (χ2v) is 6.51. The van der Waals surface area contributed by atoms with Gasteiger partial charge in [-0.3, -0.25) is 9.00 Å². The molecule has 0 aliphatic carbocycles. The number of carbonyl (C=O) groups is 1. The monoisotopic (exact) mass is 260 g/mol. The molecule has 3 unspecified atom stereocenters. The van der Waals surface area contributed by atoms with E-state index in [9.17, 15) is 9.00 Å². The van der Waals surface area contributed by atoms with Crippen molar-refractivity contribution in [3.8, 4) is 0 Å². The average Bonchev–Trinajstić information content (AvgIpc) is 2.27. The first-order valence-electron chi connectivity index (χ1n) is 6.38. The van der Waals surface area contributed by atoms with E-state index in [2.05, 4.69) is 10.6 Å². The number of rotatable bonds is 6. The third-order valence-electron chi connectivity index (χ3n) is 3.12. The Kier molecular flexibility index (Phi) is 6.73. The Labute approximate surface area is 106 Å². The van der Waals surface area contributed by atoms with Gasteiger partial charge in [0, 0.05) is 35.3 Å². The van der Waals surface area contributed by atoms with Gasteiger partial charge in [0.15, 0.2) is 0 Å². The molecule has 5 heteroatoms. The van der Waals surface area contributed by atoms with Crippen molar-refractivity contribution < 1.29 is 9.00 Å². The van der Waals surface area contributed by atoms with Gasteiger partial charge in [-0.15, -0.1) is 0 Å². The van der Waals surface area contributed by atoms with Crippen LogP contribution in [0.4, 0.5) is 0 Å². The summed E-state index contributed by atoms with van der Waals surface area (Å²) >= 11 is 0. The minimum absolute atomic E-state index is 0.128. The summed E-state index contributed by atoms with van der Waals surface area (Å²) in [5.74, 6) is 1.27. The molecule has 100 valence electrons. The fourth-order valence-corrected chi connectivity index (χ4v) is 2.79. The van der Waals surface area contributed by atoms with E-state index >= 15 is 0 Å². The lowest BCUT2D eigenvalue weighted by Crippen LogP contribution is -2.37. The van der Waals surface area contributed by atoms with E-state index in [-0.39, 0.29) is 11.9 Å². The van der Waals surface area contributed by atoms with Gasteiger partial charge in [0.1, 0.15) is 0 Å². The Bertz CT molecular complexity index is 265. The predicted molar refractivity (Wildman–Crippen MR) is 71.4 cm³/mol. The molecule has 3 atom stereocenters. The molecule has 0 radical (unpaired) electrons. The maximum Gasteiger partial charge on any atom is 0.220 e. The average molecular weight is 260 g/mol. The van der Waals surface area contributed by atoms with Crippen molar-refractivity contribution in [1.82, 2.24) is 10.6 Å². The first kappa shape index (κ1) is 14.6. The fraction of sp³-hybridized carbons (Fsp3) is 0.917. The molecule has 1 aliphatic heterocycles. The van der Waals surface area contributed by atoms with Gasteiger partial charge in [-0.25, -0.2) is 0 Å². The highest BCUT2D eigenvalue weighted by molar-refractivity contribution is 7.84. The lowest BCUT2D eigenvalue weighted by Gasteiger charge is -2.23. The van der Waals surface area contributed by atoms with Crippen molar-refractivity contribution in [2.24, 2.45) is 5.92 Å². The smallest absolute Gasteiger partial charge is 0.220 e. The molecule has 4 nitrogen and oxygen atoms in total. The van der Waals surface area contributed by atoms with Crippen LogP contribution in [0.25, 0.3) is 0 Å². The van der Waals surface area contributed by atoms with E-state index in [4.69, 9.17) is 0 Å². The van der Waals surface area contributed by atoms with Gasteiger partial charge in [0.2, 0.25) is 5.91 Å². The van der Waals surface area contributed by atoms with Crippen molar-refractivity contribution in [2.75, 3.05) is 25.1 Å². The Morgan fingerprint density at radius 2 is 2.35 bits per heavy atom. The number of amides is 1. The van der Waals surface area contributed by atoms with Crippen LogP contribution < -0.4 is 10.6 Å². The molecule has 0 aromatic rings. The van der Waals surface area contributed by atoms with E-state index in [0.29, 0.717) is 18.1 Å². The summed E-state index contributed by atoms with van der Waals surface area (Å²) in [7, 11) is -0.769. The Morgan fingerprint density at radius 1 is 1.59 bits per heavy atom. The van der Waals surface area contributed by atoms with Crippen molar-refractivity contribution in [3.05, 3.63) is 0 Å². The molecule has 0 aromatic carbocycles. The summed E-state index contributed by atoms with van der Waals surface area (Å²) in [5, 5.41) is 6.29. The third-order valence-corrected chi connectivity index (χ3v) is 3.93. The normalized spacial score (nSPS) is 24.0. The first-order chi connectivity index (χ1) is 8.08. The van der Waals surface area contributed by atoms with E-state index in [0.717, 1.165) is 25.9 Å². The Morgan fingerprint density at radius 3 is 2.94 bits per heavy atom. The Balaban J connectivity index is 2.16. The molecule has 2 N–H and O–H groups in total. The highest BCUT2D eigenvalue weighted by atomic mass is 32.2. The van der Waals surface area contributed by atoms with Crippen LogP contribution in [0.3, 0.4) is 0 Å². The number of nitrogens with one attached hydrogen (secondary N) is 2. The molecular formula is C12H24N2O2S. The maximum absolute atomic E-state index is 11.8. The zero-order valence-corrected chi connectivity index (χ0v) is 11.6. The fourth-order valence-electron chi connectivity index (χ4n) is 2.11. The van der Waals surface area contributed by atoms with Crippen LogP contribution in [0.2, 0.25) is 0 Å². The largest absolute Gasteiger partial charge is 0.354 e. The summed E-state index contributed by atoms with van der Waals surface area (Å²) < 4.78 is 10.9. The number of carbonyl (C=O) groups excluding carboxylic acids is 1. The van der Waals surface area contributed by atoms with Gasteiger partial charge in [-0.1, -0.05) is 0 Å². The Hall–Kier alpha value is -0.420. The predicted octanol–water partition coefficient (Wildman–Crippen LogP) is 0.649. The van der Waals surface area contributed by atoms with Crippen LogP contribution in [0.5, 0.6) is 0 Å². The van der Waals surface area contributed by atoms with Crippen LogP contribution in [0.1, 0.15) is 32.6 Å². The molecule has 1 amide bonds. The lowest BCUT2D eigenvalue weighted by atomic mass is 9.96. The minimum Gasteiger partial charge on any atom is -0.354 e. The molecule has 1 fully saturated rings. The van der Waals surface area contributed by atoms with E-state index < -0.39 is 10.8 Å². The van der Waals surface area contributed by atoms with Gasteiger partial charge in [0.25, 0.3) is 0 Å². The molecule has 17 heavy (non-hydrogen) atoms. The van der Waals surface area contributed by atoms with E-state index in [1.807, 2.05) is 6.92 Å². The van der Waals surface area contributed by atoms with Crippen LogP contribution in [0, 0.1) is 5.92 Å². The quantitative estimate of drug-likeness (QED) is 0.737. The zero-order chi connectivity index (χ0) is 12.7. The van der Waals surface area contributed by atoms with E-state index in [1.54, 1.807) is 6.26 Å². The summed E-state index contributed by atoms with van der Waals surface area (Å²) in [6, 6.07) is 0.128. The number of hydrogen-bond donors (Lipinski definition) is 2. The first-order valence-corrected chi connectivity index (χ1v) is 8.10. The van der Waals surface area contributed by atoms with Crippen LogP contribution >= 0.6 is 0 Å². The second-order valence-electron chi connectivity index (χ2n) is 4.95. The highest BCUT2D eigenvalue weighted by Gasteiger charge is 2.17. The van der Waals surface area contributed by atoms with Gasteiger partial charge in [-0.05, 0) is 45.2 Å². The molecular weight excluding hydrogens is 236 g/mol. The molecule has 0 bridgehead atoms. The maximum atomic E-state index is 11.8. The van der Waals surface area contributed by atoms with Crippen molar-refractivity contribution in [3.63, 3.8) is 0 Å². The lowest BCUT2D eigenvalue weighted by molar-refractivity contribution is -0.122. The topological polar surface area (TPSA) is 58.2 Å². The minimum atomic E-state index is -0.769. The molecule has 1 saturated heterocycles. The van der Waals surface area contributed by atoms with Gasteiger partial charge >= 0.3 is 0 Å². The van der Waals surface area contributed by atoms with Crippen molar-refractivity contribution >= 4 is 16.7 Å². The highest BCUT2D eigenvalue weighted by Crippen LogP contribution is 2.13. The second kappa shape index (κ2) is 7.82. The van der Waals surface area contributed by atoms with Crippen LogP contribution in [0.15, 0.2) is 0 Å². The molecule has 1 heterocycles. The van der Waals surface area contributed by atoms with Crippen LogP contribution in [-0.4, -0.2) is 41.3 Å². The van der Waals surface area contributed by atoms with E-state index in [1.165, 1.54) is 6.42 Å². The van der Waals surface area contributed by atoms with Crippen molar-refractivity contribution in [2.45, 2.75) is 38.6 Å².